The third kappa shape index (κ3) is 2.66. The maximum Gasteiger partial charge on any atom is 0.334 e. The summed E-state index contributed by atoms with van der Waals surface area (Å²) in [5.74, 6) is 0.412. The van der Waals surface area contributed by atoms with Crippen LogP contribution in [0.4, 0.5) is 0 Å². The Morgan fingerprint density at radius 3 is 2.89 bits per heavy atom. The van der Waals surface area contributed by atoms with Crippen molar-refractivity contribution in [1.29, 1.82) is 0 Å². The zero-order valence-corrected chi connectivity index (χ0v) is 11.2. The maximum atomic E-state index is 11.5. The van der Waals surface area contributed by atoms with Gasteiger partial charge in [-0.05, 0) is 32.1 Å². The molecular weight excluding hydrogens is 228 g/mol. The van der Waals surface area contributed by atoms with Crippen LogP contribution in [0, 0.1) is 11.8 Å². The van der Waals surface area contributed by atoms with Crippen molar-refractivity contribution in [2.75, 3.05) is 0 Å². The summed E-state index contributed by atoms with van der Waals surface area (Å²) in [6, 6.07) is 0. The molecule has 2 aliphatic rings. The Morgan fingerprint density at radius 2 is 2.22 bits per heavy atom. The van der Waals surface area contributed by atoms with Gasteiger partial charge in [-0.2, -0.15) is 0 Å². The fraction of sp³-hybridized carbons (Fsp3) is 0.667. The molecule has 18 heavy (non-hydrogen) atoms. The Morgan fingerprint density at radius 1 is 1.50 bits per heavy atom. The minimum atomic E-state index is -0.242. The summed E-state index contributed by atoms with van der Waals surface area (Å²) in [6.07, 6.45) is 5.49. The number of aliphatic hydroxyl groups excluding tert-OH is 1. The molecule has 1 heterocycles. The molecule has 100 valence electrons. The van der Waals surface area contributed by atoms with Crippen LogP contribution in [0.25, 0.3) is 0 Å². The molecule has 0 aromatic carbocycles. The van der Waals surface area contributed by atoms with Gasteiger partial charge >= 0.3 is 5.97 Å². The smallest absolute Gasteiger partial charge is 0.334 e. The van der Waals surface area contributed by atoms with Gasteiger partial charge in [-0.15, -0.1) is 0 Å². The Labute approximate surface area is 109 Å². The van der Waals surface area contributed by atoms with Crippen molar-refractivity contribution in [3.63, 3.8) is 0 Å². The number of carbonyl (C=O) groups excluding carboxylic acids is 1. The molecule has 4 atom stereocenters. The van der Waals surface area contributed by atoms with Crippen molar-refractivity contribution < 1.29 is 14.6 Å². The molecule has 1 aliphatic heterocycles. The zero-order chi connectivity index (χ0) is 13.3. The first-order valence-corrected chi connectivity index (χ1v) is 6.75. The molecule has 0 aromatic heterocycles. The van der Waals surface area contributed by atoms with E-state index in [1.165, 1.54) is 5.57 Å². The molecule has 0 amide bonds. The van der Waals surface area contributed by atoms with Crippen LogP contribution in [0.2, 0.25) is 0 Å². The second-order valence-corrected chi connectivity index (χ2v) is 5.62. The molecule has 2 rings (SSSR count). The first-order chi connectivity index (χ1) is 8.49. The number of fused-ring (bicyclic) bond motifs is 1. The average Bonchev–Trinajstić information content (AvgIpc) is 2.61. The lowest BCUT2D eigenvalue weighted by Crippen LogP contribution is -2.23. The van der Waals surface area contributed by atoms with Gasteiger partial charge in [0.05, 0.1) is 6.10 Å². The quantitative estimate of drug-likeness (QED) is 0.474. The Bertz CT molecular complexity index is 381. The standard InChI is InChI=1S/C15H22O3/c1-9(4-5-10(2)16)12-6-7-13-11(3)15(17)18-14(13)8-12/h6,9-10,13-14,16H,3-5,7-8H2,1-2H3/t9?,10-,13+,14+/m0/s1. The van der Waals surface area contributed by atoms with Gasteiger partial charge < -0.3 is 9.84 Å². The van der Waals surface area contributed by atoms with E-state index in [9.17, 15) is 9.90 Å². The fourth-order valence-corrected chi connectivity index (χ4v) is 2.82. The third-order valence-electron chi connectivity index (χ3n) is 4.14. The van der Waals surface area contributed by atoms with E-state index in [0.717, 1.165) is 25.7 Å². The Hall–Kier alpha value is -1.09. The predicted octanol–water partition coefficient (Wildman–Crippen LogP) is 2.60. The summed E-state index contributed by atoms with van der Waals surface area (Å²) in [6.45, 7) is 7.81. The zero-order valence-electron chi connectivity index (χ0n) is 11.2. The molecule has 1 fully saturated rings. The number of aliphatic hydroxyl groups is 1. The van der Waals surface area contributed by atoms with Gasteiger partial charge in [0.15, 0.2) is 0 Å². The molecule has 0 spiro atoms. The summed E-state index contributed by atoms with van der Waals surface area (Å²) < 4.78 is 5.35. The van der Waals surface area contributed by atoms with Crippen LogP contribution in [0.3, 0.4) is 0 Å². The normalized spacial score (nSPS) is 30.5. The Balaban J connectivity index is 1.95. The minimum Gasteiger partial charge on any atom is -0.458 e. The van der Waals surface area contributed by atoms with Crippen LogP contribution >= 0.6 is 0 Å². The SMILES string of the molecule is C=C1C(=O)O[C@@H]2CC(C(C)CC[C@H](C)O)=CC[C@H]12. The number of esters is 1. The van der Waals surface area contributed by atoms with Crippen LogP contribution in [-0.2, 0) is 9.53 Å². The largest absolute Gasteiger partial charge is 0.458 e. The van der Waals surface area contributed by atoms with Crippen molar-refractivity contribution in [2.24, 2.45) is 11.8 Å². The number of hydrogen-bond acceptors (Lipinski definition) is 3. The third-order valence-corrected chi connectivity index (χ3v) is 4.14. The molecule has 0 bridgehead atoms. The highest BCUT2D eigenvalue weighted by Crippen LogP contribution is 2.39. The molecule has 3 nitrogen and oxygen atoms in total. The van der Waals surface area contributed by atoms with Crippen molar-refractivity contribution in [1.82, 2.24) is 0 Å². The highest BCUT2D eigenvalue weighted by Gasteiger charge is 2.40. The van der Waals surface area contributed by atoms with E-state index in [1.807, 2.05) is 6.92 Å². The lowest BCUT2D eigenvalue weighted by molar-refractivity contribution is -0.139. The van der Waals surface area contributed by atoms with E-state index in [0.29, 0.717) is 11.5 Å². The van der Waals surface area contributed by atoms with Crippen LogP contribution in [0.15, 0.2) is 23.8 Å². The van der Waals surface area contributed by atoms with E-state index < -0.39 is 0 Å². The fourth-order valence-electron chi connectivity index (χ4n) is 2.82. The summed E-state index contributed by atoms with van der Waals surface area (Å²) in [5.41, 5.74) is 1.99. The second-order valence-electron chi connectivity index (χ2n) is 5.62. The maximum absolute atomic E-state index is 11.5. The van der Waals surface area contributed by atoms with E-state index in [-0.39, 0.29) is 24.1 Å². The lowest BCUT2D eigenvalue weighted by atomic mass is 9.79. The van der Waals surface area contributed by atoms with Gasteiger partial charge in [-0.1, -0.05) is 25.2 Å². The lowest BCUT2D eigenvalue weighted by Gasteiger charge is -2.27. The molecule has 1 saturated heterocycles. The topological polar surface area (TPSA) is 46.5 Å². The summed E-state index contributed by atoms with van der Waals surface area (Å²) in [7, 11) is 0. The predicted molar refractivity (Wildman–Crippen MR) is 69.9 cm³/mol. The van der Waals surface area contributed by atoms with Gasteiger partial charge in [0, 0.05) is 17.9 Å². The Kier molecular flexibility index (Phi) is 3.91. The van der Waals surface area contributed by atoms with Gasteiger partial charge in [0.2, 0.25) is 0 Å². The number of carbonyl (C=O) groups is 1. The molecular formula is C15H22O3. The van der Waals surface area contributed by atoms with E-state index >= 15 is 0 Å². The minimum absolute atomic E-state index is 0.000926. The van der Waals surface area contributed by atoms with Crippen LogP contribution in [0.1, 0.15) is 39.5 Å². The molecule has 3 heteroatoms. The number of ether oxygens (including phenoxy) is 1. The molecule has 0 saturated carbocycles. The van der Waals surface area contributed by atoms with Crippen LogP contribution in [-0.4, -0.2) is 23.3 Å². The monoisotopic (exact) mass is 250 g/mol. The molecule has 0 radical (unpaired) electrons. The summed E-state index contributed by atoms with van der Waals surface area (Å²) in [4.78, 5) is 11.5. The van der Waals surface area contributed by atoms with Crippen molar-refractivity contribution in [2.45, 2.75) is 51.7 Å². The van der Waals surface area contributed by atoms with E-state index in [4.69, 9.17) is 4.74 Å². The van der Waals surface area contributed by atoms with Crippen molar-refractivity contribution in [3.05, 3.63) is 23.8 Å². The molecule has 1 unspecified atom stereocenters. The van der Waals surface area contributed by atoms with E-state index in [1.54, 1.807) is 0 Å². The molecule has 0 aromatic rings. The van der Waals surface area contributed by atoms with Gasteiger partial charge in [0.1, 0.15) is 6.10 Å². The van der Waals surface area contributed by atoms with Crippen molar-refractivity contribution >= 4 is 5.97 Å². The summed E-state index contributed by atoms with van der Waals surface area (Å²) >= 11 is 0. The van der Waals surface area contributed by atoms with E-state index in [2.05, 4.69) is 19.6 Å². The van der Waals surface area contributed by atoms with Crippen LogP contribution < -0.4 is 0 Å². The van der Waals surface area contributed by atoms with Gasteiger partial charge in [-0.3, -0.25) is 0 Å². The van der Waals surface area contributed by atoms with Gasteiger partial charge in [-0.25, -0.2) is 4.79 Å². The van der Waals surface area contributed by atoms with Crippen LogP contribution in [0.5, 0.6) is 0 Å². The average molecular weight is 250 g/mol. The highest BCUT2D eigenvalue weighted by molar-refractivity contribution is 5.91. The highest BCUT2D eigenvalue weighted by atomic mass is 16.6. The molecule has 1 aliphatic carbocycles. The first-order valence-electron chi connectivity index (χ1n) is 6.75. The second kappa shape index (κ2) is 5.27. The number of hydrogen-bond donors (Lipinski definition) is 1. The van der Waals surface area contributed by atoms with Gasteiger partial charge in [0.25, 0.3) is 0 Å². The molecule has 1 N–H and O–H groups in total. The van der Waals surface area contributed by atoms with Crippen molar-refractivity contribution in [3.8, 4) is 0 Å². The first kappa shape index (κ1) is 13.3. The summed E-state index contributed by atoms with van der Waals surface area (Å²) in [5, 5.41) is 9.32. The number of allylic oxidation sites excluding steroid dienone is 1. The number of rotatable bonds is 4.